The summed E-state index contributed by atoms with van der Waals surface area (Å²) in [6.07, 6.45) is 5.66. The summed E-state index contributed by atoms with van der Waals surface area (Å²) in [5.74, 6) is 2.63. The van der Waals surface area contributed by atoms with Gasteiger partial charge in [0, 0.05) is 39.3 Å². The van der Waals surface area contributed by atoms with Gasteiger partial charge in [-0.2, -0.15) is 0 Å². The molecular formula is C15H28N2O3. The molecule has 0 aromatic carbocycles. The van der Waals surface area contributed by atoms with Crippen molar-refractivity contribution in [2.45, 2.75) is 32.0 Å². The van der Waals surface area contributed by atoms with E-state index in [1.807, 2.05) is 13.8 Å². The van der Waals surface area contributed by atoms with E-state index < -0.39 is 11.7 Å². The van der Waals surface area contributed by atoms with Crippen molar-refractivity contribution in [2.75, 3.05) is 52.5 Å². The molecule has 0 aromatic rings. The summed E-state index contributed by atoms with van der Waals surface area (Å²) in [5, 5.41) is 18.9. The quantitative estimate of drug-likeness (QED) is 0.603. The van der Waals surface area contributed by atoms with Crippen LogP contribution in [-0.2, 0) is 4.74 Å². The van der Waals surface area contributed by atoms with Gasteiger partial charge in [-0.25, -0.2) is 0 Å². The van der Waals surface area contributed by atoms with Crippen molar-refractivity contribution in [3.63, 3.8) is 0 Å². The fraction of sp³-hybridized carbons (Fsp3) is 0.867. The molecule has 1 saturated heterocycles. The highest BCUT2D eigenvalue weighted by Gasteiger charge is 2.23. The Bertz CT molecular complexity index is 311. The minimum Gasteiger partial charge on any atom is -0.395 e. The average molecular weight is 284 g/mol. The number of β-amino-alcohol motifs (C(OH)–C–C–N with tert-alkyl or cyclic N) is 2. The number of nitrogens with zero attached hydrogens (tertiary/aromatic N) is 2. The molecule has 1 rings (SSSR count). The topological polar surface area (TPSA) is 56.2 Å². The summed E-state index contributed by atoms with van der Waals surface area (Å²) in [6.45, 7) is 9.36. The van der Waals surface area contributed by atoms with Crippen LogP contribution in [0.5, 0.6) is 0 Å². The summed E-state index contributed by atoms with van der Waals surface area (Å²) >= 11 is 0. The van der Waals surface area contributed by atoms with Crippen molar-refractivity contribution in [2.24, 2.45) is 0 Å². The highest BCUT2D eigenvalue weighted by molar-refractivity contribution is 5.05. The van der Waals surface area contributed by atoms with Crippen LogP contribution in [0.1, 0.15) is 20.3 Å². The van der Waals surface area contributed by atoms with Gasteiger partial charge in [0.05, 0.1) is 19.3 Å². The van der Waals surface area contributed by atoms with Crippen LogP contribution >= 0.6 is 0 Å². The number of piperazine rings is 1. The van der Waals surface area contributed by atoms with E-state index in [2.05, 4.69) is 15.7 Å². The minimum atomic E-state index is -0.583. The van der Waals surface area contributed by atoms with Crippen molar-refractivity contribution >= 4 is 0 Å². The van der Waals surface area contributed by atoms with Crippen molar-refractivity contribution in [1.29, 1.82) is 0 Å². The molecule has 0 amide bonds. The Balaban J connectivity index is 2.24. The second kappa shape index (κ2) is 8.60. The number of aliphatic hydroxyl groups is 2. The Labute approximate surface area is 122 Å². The van der Waals surface area contributed by atoms with E-state index in [0.29, 0.717) is 6.54 Å². The summed E-state index contributed by atoms with van der Waals surface area (Å²) in [7, 11) is 0. The SMILES string of the molecule is C#CC(C)(CC)OCC(O)CN1CCN(CCO)CC1. The van der Waals surface area contributed by atoms with Crippen LogP contribution in [0.3, 0.4) is 0 Å². The molecule has 0 spiro atoms. The number of aliphatic hydroxyl groups excluding tert-OH is 2. The van der Waals surface area contributed by atoms with Crippen LogP contribution < -0.4 is 0 Å². The smallest absolute Gasteiger partial charge is 0.125 e. The van der Waals surface area contributed by atoms with Gasteiger partial charge in [-0.3, -0.25) is 9.80 Å². The van der Waals surface area contributed by atoms with Gasteiger partial charge in [-0.1, -0.05) is 12.8 Å². The molecule has 2 N–H and O–H groups in total. The first kappa shape index (κ1) is 17.4. The predicted molar refractivity (Wildman–Crippen MR) is 79.5 cm³/mol. The monoisotopic (exact) mass is 284 g/mol. The molecule has 1 heterocycles. The molecule has 1 aliphatic heterocycles. The molecule has 0 saturated carbocycles. The Morgan fingerprint density at radius 2 is 1.90 bits per heavy atom. The van der Waals surface area contributed by atoms with Crippen molar-refractivity contribution in [3.8, 4) is 12.3 Å². The average Bonchev–Trinajstić information content (AvgIpc) is 2.47. The molecule has 0 aromatic heterocycles. The largest absolute Gasteiger partial charge is 0.395 e. The van der Waals surface area contributed by atoms with Crippen LogP contribution in [-0.4, -0.2) is 84.2 Å². The molecule has 2 unspecified atom stereocenters. The van der Waals surface area contributed by atoms with Gasteiger partial charge in [0.25, 0.3) is 0 Å². The first-order valence-electron chi connectivity index (χ1n) is 7.38. The van der Waals surface area contributed by atoms with E-state index in [4.69, 9.17) is 16.3 Å². The standard InChI is InChI=1S/C15H28N2O3/c1-4-15(3,5-2)20-13-14(19)12-17-8-6-16(7-9-17)10-11-18/h1,14,18-19H,5-13H2,2-3H3. The molecule has 0 radical (unpaired) electrons. The first-order chi connectivity index (χ1) is 9.53. The third-order valence-electron chi connectivity index (χ3n) is 3.92. The molecule has 0 bridgehead atoms. The number of hydrogen-bond donors (Lipinski definition) is 2. The van der Waals surface area contributed by atoms with Gasteiger partial charge < -0.3 is 14.9 Å². The second-order valence-electron chi connectivity index (χ2n) is 5.56. The van der Waals surface area contributed by atoms with Gasteiger partial charge in [0.1, 0.15) is 5.60 Å². The third-order valence-corrected chi connectivity index (χ3v) is 3.92. The summed E-state index contributed by atoms with van der Waals surface area (Å²) in [4.78, 5) is 4.45. The Kier molecular flexibility index (Phi) is 7.49. The molecule has 116 valence electrons. The lowest BCUT2D eigenvalue weighted by Crippen LogP contribution is -2.49. The lowest BCUT2D eigenvalue weighted by atomic mass is 10.1. The zero-order valence-corrected chi connectivity index (χ0v) is 12.7. The first-order valence-corrected chi connectivity index (χ1v) is 7.38. The molecule has 1 fully saturated rings. The number of terminal acetylenes is 1. The summed E-state index contributed by atoms with van der Waals surface area (Å²) in [6, 6.07) is 0. The van der Waals surface area contributed by atoms with Crippen LogP contribution in [0.15, 0.2) is 0 Å². The lowest BCUT2D eigenvalue weighted by Gasteiger charge is -2.35. The van der Waals surface area contributed by atoms with E-state index in [1.165, 1.54) is 0 Å². The Morgan fingerprint density at radius 1 is 1.30 bits per heavy atom. The number of hydrogen-bond acceptors (Lipinski definition) is 5. The third kappa shape index (κ3) is 5.78. The van der Waals surface area contributed by atoms with Crippen molar-refractivity contribution in [3.05, 3.63) is 0 Å². The normalized spacial score (nSPS) is 22.1. The van der Waals surface area contributed by atoms with Crippen LogP contribution in [0.25, 0.3) is 0 Å². The number of ether oxygens (including phenoxy) is 1. The number of rotatable bonds is 8. The van der Waals surface area contributed by atoms with Crippen LogP contribution in [0.4, 0.5) is 0 Å². The van der Waals surface area contributed by atoms with Crippen molar-refractivity contribution < 1.29 is 14.9 Å². The molecule has 5 nitrogen and oxygen atoms in total. The van der Waals surface area contributed by atoms with Gasteiger partial charge in [0.2, 0.25) is 0 Å². The van der Waals surface area contributed by atoms with Gasteiger partial charge in [0.15, 0.2) is 0 Å². The zero-order valence-electron chi connectivity index (χ0n) is 12.7. The fourth-order valence-corrected chi connectivity index (χ4v) is 2.21. The molecule has 1 aliphatic rings. The van der Waals surface area contributed by atoms with E-state index in [-0.39, 0.29) is 13.2 Å². The van der Waals surface area contributed by atoms with Gasteiger partial charge >= 0.3 is 0 Å². The highest BCUT2D eigenvalue weighted by atomic mass is 16.5. The maximum atomic E-state index is 10.0. The predicted octanol–water partition coefficient (Wildman–Crippen LogP) is -0.224. The molecule has 5 heteroatoms. The summed E-state index contributed by atoms with van der Waals surface area (Å²) in [5.41, 5.74) is -0.583. The van der Waals surface area contributed by atoms with E-state index in [0.717, 1.165) is 39.1 Å². The van der Waals surface area contributed by atoms with E-state index in [9.17, 15) is 5.11 Å². The lowest BCUT2D eigenvalue weighted by molar-refractivity contribution is -0.0501. The van der Waals surface area contributed by atoms with E-state index in [1.54, 1.807) is 0 Å². The Hall–Kier alpha value is -0.640. The fourth-order valence-electron chi connectivity index (χ4n) is 2.21. The molecule has 0 aliphatic carbocycles. The highest BCUT2D eigenvalue weighted by Crippen LogP contribution is 2.14. The second-order valence-corrected chi connectivity index (χ2v) is 5.56. The maximum absolute atomic E-state index is 10.0. The molecule has 2 atom stereocenters. The maximum Gasteiger partial charge on any atom is 0.125 e. The zero-order chi connectivity index (χ0) is 15.0. The van der Waals surface area contributed by atoms with Crippen molar-refractivity contribution in [1.82, 2.24) is 9.80 Å². The van der Waals surface area contributed by atoms with Gasteiger partial charge in [-0.15, -0.1) is 6.42 Å². The van der Waals surface area contributed by atoms with Gasteiger partial charge in [-0.05, 0) is 13.3 Å². The minimum absolute atomic E-state index is 0.207. The molecule has 20 heavy (non-hydrogen) atoms. The van der Waals surface area contributed by atoms with Crippen LogP contribution in [0.2, 0.25) is 0 Å². The Morgan fingerprint density at radius 3 is 2.40 bits per heavy atom. The van der Waals surface area contributed by atoms with E-state index >= 15 is 0 Å². The van der Waals surface area contributed by atoms with Crippen LogP contribution in [0, 0.1) is 12.3 Å². The summed E-state index contributed by atoms with van der Waals surface area (Å²) < 4.78 is 5.63. The molecular weight excluding hydrogens is 256 g/mol.